The maximum Gasteiger partial charge on any atom is 0.277 e. The lowest BCUT2D eigenvalue weighted by Crippen LogP contribution is -2.18. The molecule has 8 heteroatoms. The van der Waals surface area contributed by atoms with Gasteiger partial charge in [-0.2, -0.15) is 4.73 Å². The van der Waals surface area contributed by atoms with Crippen molar-refractivity contribution in [3.05, 3.63) is 65.5 Å². The van der Waals surface area contributed by atoms with Gasteiger partial charge in [0.15, 0.2) is 11.5 Å². The molecule has 0 saturated carbocycles. The standard InChI is InChI=1S/C21H21F2N3O3/c1-4-21(22,23)15-6-5-7-16(12-15)25-20(27)18-13(2)24-19(26(18)28)14-8-10-17(29-3)11-9-14/h5-12,28H,4H2,1-3H3,(H,25,27). The van der Waals surface area contributed by atoms with Gasteiger partial charge in [0.05, 0.1) is 12.8 Å². The van der Waals surface area contributed by atoms with E-state index in [2.05, 4.69) is 10.3 Å². The highest BCUT2D eigenvalue weighted by Crippen LogP contribution is 2.32. The van der Waals surface area contributed by atoms with Crippen LogP contribution in [0.4, 0.5) is 14.5 Å². The van der Waals surface area contributed by atoms with E-state index in [0.29, 0.717) is 21.7 Å². The van der Waals surface area contributed by atoms with Crippen molar-refractivity contribution in [1.29, 1.82) is 0 Å². The van der Waals surface area contributed by atoms with Crippen molar-refractivity contribution in [3.8, 4) is 17.1 Å². The molecule has 1 aromatic heterocycles. The zero-order chi connectivity index (χ0) is 21.2. The van der Waals surface area contributed by atoms with Crippen molar-refractivity contribution in [2.45, 2.75) is 26.2 Å². The molecule has 0 aliphatic rings. The van der Waals surface area contributed by atoms with Crippen LogP contribution in [0.1, 0.15) is 35.1 Å². The fraction of sp³-hybridized carbons (Fsp3) is 0.238. The molecule has 3 aromatic rings. The second-order valence-corrected chi connectivity index (χ2v) is 6.50. The van der Waals surface area contributed by atoms with E-state index in [9.17, 15) is 18.8 Å². The lowest BCUT2D eigenvalue weighted by Gasteiger charge is -2.15. The number of imidazole rings is 1. The summed E-state index contributed by atoms with van der Waals surface area (Å²) in [6.45, 7) is 2.97. The maximum absolute atomic E-state index is 13.9. The molecule has 0 bridgehead atoms. The molecule has 0 spiro atoms. The number of rotatable bonds is 6. The molecule has 3 rings (SSSR count). The topological polar surface area (TPSA) is 76.4 Å². The third-order valence-electron chi connectivity index (χ3n) is 4.58. The summed E-state index contributed by atoms with van der Waals surface area (Å²) in [7, 11) is 1.54. The molecule has 0 aliphatic carbocycles. The number of benzene rings is 2. The van der Waals surface area contributed by atoms with Crippen molar-refractivity contribution in [3.63, 3.8) is 0 Å². The van der Waals surface area contributed by atoms with Crippen LogP contribution in [0.25, 0.3) is 11.4 Å². The summed E-state index contributed by atoms with van der Waals surface area (Å²) in [5.74, 6) is -2.82. The lowest BCUT2D eigenvalue weighted by atomic mass is 10.1. The third-order valence-corrected chi connectivity index (χ3v) is 4.58. The van der Waals surface area contributed by atoms with Gasteiger partial charge in [0.25, 0.3) is 11.8 Å². The normalized spacial score (nSPS) is 11.3. The quantitative estimate of drug-likeness (QED) is 0.579. The van der Waals surface area contributed by atoms with Crippen LogP contribution in [0.15, 0.2) is 48.5 Å². The van der Waals surface area contributed by atoms with E-state index in [1.165, 1.54) is 31.2 Å². The molecular formula is C21H21F2N3O3. The summed E-state index contributed by atoms with van der Waals surface area (Å²) in [5.41, 5.74) is 0.813. The van der Waals surface area contributed by atoms with E-state index in [1.807, 2.05) is 0 Å². The number of ether oxygens (including phenoxy) is 1. The Balaban J connectivity index is 1.89. The van der Waals surface area contributed by atoms with Crippen LogP contribution in [0.2, 0.25) is 0 Å². The Morgan fingerprint density at radius 3 is 2.55 bits per heavy atom. The highest BCUT2D eigenvalue weighted by Gasteiger charge is 2.29. The number of nitrogens with one attached hydrogen (secondary N) is 1. The van der Waals surface area contributed by atoms with Crippen LogP contribution in [0.5, 0.6) is 5.75 Å². The van der Waals surface area contributed by atoms with Crippen molar-refractivity contribution in [2.75, 3.05) is 12.4 Å². The zero-order valence-electron chi connectivity index (χ0n) is 16.2. The Morgan fingerprint density at radius 1 is 1.24 bits per heavy atom. The van der Waals surface area contributed by atoms with Gasteiger partial charge in [-0.25, -0.2) is 13.8 Å². The third kappa shape index (κ3) is 4.06. The van der Waals surface area contributed by atoms with Crippen LogP contribution >= 0.6 is 0 Å². The van der Waals surface area contributed by atoms with Crippen molar-refractivity contribution in [2.24, 2.45) is 0 Å². The first-order valence-electron chi connectivity index (χ1n) is 8.99. The first-order valence-corrected chi connectivity index (χ1v) is 8.99. The summed E-state index contributed by atoms with van der Waals surface area (Å²) in [6.07, 6.45) is -0.349. The molecule has 29 heavy (non-hydrogen) atoms. The number of aromatic nitrogens is 2. The predicted octanol–water partition coefficient (Wildman–Crippen LogP) is 4.86. The summed E-state index contributed by atoms with van der Waals surface area (Å²) >= 11 is 0. The highest BCUT2D eigenvalue weighted by molar-refractivity contribution is 6.04. The van der Waals surface area contributed by atoms with Crippen LogP contribution in [-0.2, 0) is 5.92 Å². The Bertz CT molecular complexity index is 1030. The van der Waals surface area contributed by atoms with E-state index < -0.39 is 11.8 Å². The van der Waals surface area contributed by atoms with Crippen LogP contribution in [-0.4, -0.2) is 27.9 Å². The fourth-order valence-electron chi connectivity index (χ4n) is 2.92. The summed E-state index contributed by atoms with van der Waals surface area (Å²) in [6, 6.07) is 12.3. The number of nitrogens with zero attached hydrogens (tertiary/aromatic N) is 2. The largest absolute Gasteiger partial charge is 0.497 e. The van der Waals surface area contributed by atoms with Crippen LogP contribution in [0.3, 0.4) is 0 Å². The smallest absolute Gasteiger partial charge is 0.277 e. The molecular weight excluding hydrogens is 380 g/mol. The van der Waals surface area contributed by atoms with Gasteiger partial charge in [-0.15, -0.1) is 0 Å². The Hall–Kier alpha value is -3.42. The van der Waals surface area contributed by atoms with Gasteiger partial charge < -0.3 is 15.3 Å². The van der Waals surface area contributed by atoms with Crippen molar-refractivity contribution < 1.29 is 23.5 Å². The van der Waals surface area contributed by atoms with Crippen molar-refractivity contribution >= 4 is 11.6 Å². The number of alkyl halides is 2. The SMILES string of the molecule is CCC(F)(F)c1cccc(NC(=O)c2c(C)nc(-c3ccc(OC)cc3)n2O)c1. The summed E-state index contributed by atoms with van der Waals surface area (Å²) in [4.78, 5) is 17.0. The molecule has 0 atom stereocenters. The maximum atomic E-state index is 13.9. The average Bonchev–Trinajstić information content (AvgIpc) is 3.02. The van der Waals surface area contributed by atoms with E-state index in [4.69, 9.17) is 4.74 Å². The molecule has 152 valence electrons. The van der Waals surface area contributed by atoms with Gasteiger partial charge in [0, 0.05) is 23.2 Å². The zero-order valence-corrected chi connectivity index (χ0v) is 16.2. The van der Waals surface area contributed by atoms with E-state index >= 15 is 0 Å². The van der Waals surface area contributed by atoms with Gasteiger partial charge in [-0.1, -0.05) is 19.1 Å². The molecule has 1 amide bonds. The molecule has 2 aromatic carbocycles. The summed E-state index contributed by atoms with van der Waals surface area (Å²) < 4.78 is 33.6. The first-order chi connectivity index (χ1) is 13.8. The van der Waals surface area contributed by atoms with Gasteiger partial charge in [-0.3, -0.25) is 4.79 Å². The minimum atomic E-state index is -2.99. The van der Waals surface area contributed by atoms with Crippen LogP contribution < -0.4 is 10.1 Å². The minimum Gasteiger partial charge on any atom is -0.497 e. The lowest BCUT2D eigenvalue weighted by molar-refractivity contribution is -0.00824. The number of aryl methyl sites for hydroxylation is 1. The monoisotopic (exact) mass is 401 g/mol. The number of carbonyl (C=O) groups is 1. The van der Waals surface area contributed by atoms with Gasteiger partial charge in [0.1, 0.15) is 5.75 Å². The Labute approximate surface area is 166 Å². The van der Waals surface area contributed by atoms with Gasteiger partial charge in [0.2, 0.25) is 0 Å². The van der Waals surface area contributed by atoms with Gasteiger partial charge >= 0.3 is 0 Å². The molecule has 0 unspecified atom stereocenters. The van der Waals surface area contributed by atoms with E-state index in [1.54, 1.807) is 38.3 Å². The second-order valence-electron chi connectivity index (χ2n) is 6.50. The number of methoxy groups -OCH3 is 1. The Kier molecular flexibility index (Phi) is 5.54. The minimum absolute atomic E-state index is 0.0801. The first kappa shape index (κ1) is 20.3. The fourth-order valence-corrected chi connectivity index (χ4v) is 2.92. The molecule has 0 radical (unpaired) electrons. The van der Waals surface area contributed by atoms with E-state index in [0.717, 1.165) is 0 Å². The van der Waals surface area contributed by atoms with Crippen LogP contribution in [0, 0.1) is 6.92 Å². The number of amides is 1. The second kappa shape index (κ2) is 7.90. The average molecular weight is 401 g/mol. The molecule has 0 saturated heterocycles. The number of hydrogen-bond donors (Lipinski definition) is 2. The molecule has 2 N–H and O–H groups in total. The molecule has 0 aliphatic heterocycles. The number of carbonyl (C=O) groups excluding carboxylic acids is 1. The number of hydrogen-bond acceptors (Lipinski definition) is 4. The molecule has 0 fully saturated rings. The highest BCUT2D eigenvalue weighted by atomic mass is 19.3. The predicted molar refractivity (Wildman–Crippen MR) is 105 cm³/mol. The van der Waals surface area contributed by atoms with Gasteiger partial charge in [-0.05, 0) is 43.3 Å². The summed E-state index contributed by atoms with van der Waals surface area (Å²) in [5, 5.41) is 13.0. The molecule has 6 nitrogen and oxygen atoms in total. The Morgan fingerprint density at radius 2 is 1.93 bits per heavy atom. The number of anilines is 1. The van der Waals surface area contributed by atoms with E-state index in [-0.39, 0.29) is 29.2 Å². The molecule has 1 heterocycles. The van der Waals surface area contributed by atoms with Crippen molar-refractivity contribution in [1.82, 2.24) is 9.71 Å². The number of halogens is 2.